The van der Waals surface area contributed by atoms with E-state index in [1.807, 2.05) is 0 Å². The number of pyridine rings is 1. The smallest absolute Gasteiger partial charge is 0.156 e. The Hall–Kier alpha value is -2.23. The molecule has 0 atom stereocenters. The number of benzene rings is 1. The summed E-state index contributed by atoms with van der Waals surface area (Å²) >= 11 is 0. The minimum Gasteiger partial charge on any atom is -0.232 e. The van der Waals surface area contributed by atoms with Crippen molar-refractivity contribution in [3.8, 4) is 5.82 Å². The predicted octanol–water partition coefficient (Wildman–Crippen LogP) is 3.42. The zero-order valence-corrected chi connectivity index (χ0v) is 12.3. The van der Waals surface area contributed by atoms with Gasteiger partial charge < -0.3 is 0 Å². The molecular formula is C16H18N4. The van der Waals surface area contributed by atoms with Crippen molar-refractivity contribution < 1.29 is 0 Å². The lowest BCUT2D eigenvalue weighted by Crippen LogP contribution is -2.16. The van der Waals surface area contributed by atoms with Gasteiger partial charge in [0.15, 0.2) is 5.82 Å². The average Bonchev–Trinajstić information content (AvgIpc) is 2.89. The summed E-state index contributed by atoms with van der Waals surface area (Å²) in [7, 11) is 0. The second-order valence-corrected chi connectivity index (χ2v) is 6.14. The van der Waals surface area contributed by atoms with E-state index < -0.39 is 0 Å². The lowest BCUT2D eigenvalue weighted by molar-refractivity contribution is 0.572. The van der Waals surface area contributed by atoms with Gasteiger partial charge in [-0.3, -0.25) is 0 Å². The highest BCUT2D eigenvalue weighted by molar-refractivity contribution is 5.87. The quantitative estimate of drug-likeness (QED) is 0.678. The third-order valence-electron chi connectivity index (χ3n) is 3.34. The molecule has 0 N–H and O–H groups in total. The molecule has 3 aromatic rings. The lowest BCUT2D eigenvalue weighted by Gasteiger charge is -2.21. The highest BCUT2D eigenvalue weighted by Gasteiger charge is 2.20. The van der Waals surface area contributed by atoms with E-state index in [9.17, 15) is 0 Å². The molecule has 0 unspecified atom stereocenters. The van der Waals surface area contributed by atoms with Crippen LogP contribution in [0.2, 0.25) is 0 Å². The van der Waals surface area contributed by atoms with Crippen molar-refractivity contribution in [2.45, 2.75) is 33.1 Å². The topological polar surface area (TPSA) is 43.6 Å². The molecule has 0 saturated heterocycles. The van der Waals surface area contributed by atoms with Crippen molar-refractivity contribution in [2.24, 2.45) is 0 Å². The third-order valence-corrected chi connectivity index (χ3v) is 3.34. The van der Waals surface area contributed by atoms with E-state index in [2.05, 4.69) is 62.0 Å². The van der Waals surface area contributed by atoms with Crippen LogP contribution in [0.3, 0.4) is 0 Å². The van der Waals surface area contributed by atoms with Gasteiger partial charge >= 0.3 is 0 Å². The van der Waals surface area contributed by atoms with Gasteiger partial charge in [0.2, 0.25) is 0 Å². The van der Waals surface area contributed by atoms with Gasteiger partial charge in [0.1, 0.15) is 12.7 Å². The van der Waals surface area contributed by atoms with Gasteiger partial charge in [-0.25, -0.2) is 14.6 Å². The normalized spacial score (nSPS) is 12.0. The minimum absolute atomic E-state index is 0.0237. The first-order chi connectivity index (χ1) is 9.45. The van der Waals surface area contributed by atoms with Crippen molar-refractivity contribution >= 4 is 10.8 Å². The molecule has 0 aliphatic carbocycles. The van der Waals surface area contributed by atoms with E-state index in [1.165, 1.54) is 22.7 Å². The summed E-state index contributed by atoms with van der Waals surface area (Å²) < 4.78 is 1.71. The summed E-state index contributed by atoms with van der Waals surface area (Å²) in [4.78, 5) is 8.80. The fraction of sp³-hybridized carbons (Fsp3) is 0.312. The highest BCUT2D eigenvalue weighted by Crippen LogP contribution is 2.30. The molecule has 102 valence electrons. The summed E-state index contributed by atoms with van der Waals surface area (Å²) in [6, 6.07) is 8.54. The molecule has 2 heterocycles. The predicted molar refractivity (Wildman–Crippen MR) is 80.1 cm³/mol. The second-order valence-electron chi connectivity index (χ2n) is 6.14. The molecule has 1 aromatic carbocycles. The van der Waals surface area contributed by atoms with Crippen LogP contribution in [0, 0.1) is 6.92 Å². The summed E-state index contributed by atoms with van der Waals surface area (Å²) in [5, 5.41) is 6.57. The molecule has 4 nitrogen and oxygen atoms in total. The Morgan fingerprint density at radius 2 is 1.90 bits per heavy atom. The first kappa shape index (κ1) is 12.8. The van der Waals surface area contributed by atoms with Gasteiger partial charge in [0, 0.05) is 10.8 Å². The SMILES string of the molecule is Cc1ccc2c(C(C)(C)C)nc(-n3cncn3)cc2c1. The number of hydrogen-bond donors (Lipinski definition) is 0. The molecule has 0 spiro atoms. The Bertz CT molecular complexity index is 752. The van der Waals surface area contributed by atoms with Crippen LogP contribution in [0.15, 0.2) is 36.9 Å². The van der Waals surface area contributed by atoms with Gasteiger partial charge in [-0.15, -0.1) is 0 Å². The van der Waals surface area contributed by atoms with Crippen molar-refractivity contribution in [1.82, 2.24) is 19.7 Å². The first-order valence-electron chi connectivity index (χ1n) is 6.72. The Morgan fingerprint density at radius 3 is 2.55 bits per heavy atom. The maximum Gasteiger partial charge on any atom is 0.156 e. The molecule has 4 heteroatoms. The van der Waals surface area contributed by atoms with Gasteiger partial charge in [-0.2, -0.15) is 5.10 Å². The van der Waals surface area contributed by atoms with Crippen LogP contribution in [0.5, 0.6) is 0 Å². The van der Waals surface area contributed by atoms with E-state index in [4.69, 9.17) is 4.98 Å². The maximum absolute atomic E-state index is 4.80. The average molecular weight is 266 g/mol. The van der Waals surface area contributed by atoms with Gasteiger partial charge in [-0.1, -0.05) is 44.5 Å². The van der Waals surface area contributed by atoms with Crippen LogP contribution in [0.25, 0.3) is 16.6 Å². The molecule has 3 rings (SSSR count). The Kier molecular flexibility index (Phi) is 2.82. The molecule has 0 bridgehead atoms. The molecule has 0 amide bonds. The highest BCUT2D eigenvalue weighted by atomic mass is 15.3. The van der Waals surface area contributed by atoms with Crippen LogP contribution in [-0.4, -0.2) is 19.7 Å². The summed E-state index contributed by atoms with van der Waals surface area (Å²) in [5.41, 5.74) is 2.30. The number of aromatic nitrogens is 4. The maximum atomic E-state index is 4.80. The first-order valence-corrected chi connectivity index (χ1v) is 6.72. The fourth-order valence-electron chi connectivity index (χ4n) is 2.38. The Balaban J connectivity index is 2.35. The van der Waals surface area contributed by atoms with Crippen LogP contribution >= 0.6 is 0 Å². The molecule has 0 fully saturated rings. The third kappa shape index (κ3) is 2.18. The zero-order valence-electron chi connectivity index (χ0n) is 12.3. The van der Waals surface area contributed by atoms with E-state index in [-0.39, 0.29) is 5.41 Å². The summed E-state index contributed by atoms with van der Waals surface area (Å²) in [5.74, 6) is 0.811. The largest absolute Gasteiger partial charge is 0.232 e. The van der Waals surface area contributed by atoms with Crippen LogP contribution < -0.4 is 0 Å². The number of hydrogen-bond acceptors (Lipinski definition) is 3. The lowest BCUT2D eigenvalue weighted by atomic mass is 9.88. The zero-order chi connectivity index (χ0) is 14.3. The molecule has 0 aliphatic rings. The Morgan fingerprint density at radius 1 is 1.10 bits per heavy atom. The van der Waals surface area contributed by atoms with Gasteiger partial charge in [-0.05, 0) is 18.4 Å². The standard InChI is InChI=1S/C16H18N4/c1-11-5-6-13-12(7-11)8-14(20-10-17-9-18-20)19-15(13)16(2,3)4/h5-10H,1-4H3. The van der Waals surface area contributed by atoms with E-state index >= 15 is 0 Å². The minimum atomic E-state index is -0.0237. The van der Waals surface area contributed by atoms with Crippen LogP contribution in [0.4, 0.5) is 0 Å². The monoisotopic (exact) mass is 266 g/mol. The van der Waals surface area contributed by atoms with Crippen molar-refractivity contribution in [2.75, 3.05) is 0 Å². The molecule has 0 saturated carbocycles. The molecule has 0 aliphatic heterocycles. The van der Waals surface area contributed by atoms with E-state index in [0.717, 1.165) is 11.5 Å². The molecule has 2 aromatic heterocycles. The van der Waals surface area contributed by atoms with Crippen molar-refractivity contribution in [3.63, 3.8) is 0 Å². The second kappa shape index (κ2) is 4.40. The van der Waals surface area contributed by atoms with E-state index in [0.29, 0.717) is 0 Å². The Labute approximate surface area is 118 Å². The van der Waals surface area contributed by atoms with Crippen molar-refractivity contribution in [1.29, 1.82) is 0 Å². The van der Waals surface area contributed by atoms with Crippen molar-refractivity contribution in [3.05, 3.63) is 48.2 Å². The van der Waals surface area contributed by atoms with Gasteiger partial charge in [0.25, 0.3) is 0 Å². The number of aryl methyl sites for hydroxylation is 1. The van der Waals surface area contributed by atoms with Crippen LogP contribution in [-0.2, 0) is 5.41 Å². The summed E-state index contributed by atoms with van der Waals surface area (Å²) in [6.07, 6.45) is 3.20. The fourth-order valence-corrected chi connectivity index (χ4v) is 2.38. The number of fused-ring (bicyclic) bond motifs is 1. The number of rotatable bonds is 1. The molecular weight excluding hydrogens is 248 g/mol. The van der Waals surface area contributed by atoms with Crippen LogP contribution in [0.1, 0.15) is 32.0 Å². The van der Waals surface area contributed by atoms with E-state index in [1.54, 1.807) is 11.0 Å². The molecule has 0 radical (unpaired) electrons. The molecule has 20 heavy (non-hydrogen) atoms. The number of nitrogens with zero attached hydrogens (tertiary/aromatic N) is 4. The summed E-state index contributed by atoms with van der Waals surface area (Å²) in [6.45, 7) is 8.64. The van der Waals surface area contributed by atoms with Gasteiger partial charge in [0.05, 0.1) is 5.69 Å².